The number of amides is 1. The zero-order valence-electron chi connectivity index (χ0n) is 13.2. The molecule has 1 aromatic carbocycles. The minimum atomic E-state index is -0.480. The first-order valence-corrected chi connectivity index (χ1v) is 7.53. The molecular formula is C18H17NO5. The zero-order valence-corrected chi connectivity index (χ0v) is 13.2. The van der Waals surface area contributed by atoms with Gasteiger partial charge < -0.3 is 18.9 Å². The van der Waals surface area contributed by atoms with Crippen LogP contribution in [0.2, 0.25) is 0 Å². The summed E-state index contributed by atoms with van der Waals surface area (Å²) < 4.78 is 15.5. The molecule has 0 radical (unpaired) electrons. The fourth-order valence-electron chi connectivity index (χ4n) is 2.33. The van der Waals surface area contributed by atoms with Gasteiger partial charge in [-0.1, -0.05) is 12.1 Å². The number of esters is 1. The third-order valence-electron chi connectivity index (χ3n) is 3.55. The molecule has 2 aromatic heterocycles. The number of carbonyl (C=O) groups excluding carboxylic acids is 2. The summed E-state index contributed by atoms with van der Waals surface area (Å²) in [5, 5.41) is 3.48. The lowest BCUT2D eigenvalue weighted by molar-refractivity contribution is -0.147. The Kier molecular flexibility index (Phi) is 4.65. The number of carbonyl (C=O) groups is 2. The number of furan rings is 2. The maximum Gasteiger partial charge on any atom is 0.310 e. The van der Waals surface area contributed by atoms with Crippen molar-refractivity contribution in [3.63, 3.8) is 0 Å². The standard InChI is InChI=1S/C18H17NO5/c1-12-4-5-15-13(10-23-16(15)7-12)8-18(21)24-11-17(20)19-9-14-3-2-6-22-14/h2-7,10H,8-9,11H2,1H3,(H,19,20). The third-order valence-corrected chi connectivity index (χ3v) is 3.55. The number of nitrogens with one attached hydrogen (secondary N) is 1. The van der Waals surface area contributed by atoms with Crippen LogP contribution in [0.4, 0.5) is 0 Å². The third kappa shape index (κ3) is 3.84. The van der Waals surface area contributed by atoms with Crippen LogP contribution in [-0.2, 0) is 27.3 Å². The SMILES string of the molecule is Cc1ccc2c(CC(=O)OCC(=O)NCc3ccco3)coc2c1. The minimum Gasteiger partial charge on any atom is -0.467 e. The van der Waals surface area contributed by atoms with Gasteiger partial charge in [-0.25, -0.2) is 0 Å². The van der Waals surface area contributed by atoms with Gasteiger partial charge in [0.15, 0.2) is 6.61 Å². The molecule has 6 nitrogen and oxygen atoms in total. The molecule has 1 N–H and O–H groups in total. The Balaban J connectivity index is 1.49. The molecule has 1 amide bonds. The smallest absolute Gasteiger partial charge is 0.310 e. The predicted octanol–water partition coefficient (Wildman–Crippen LogP) is 2.74. The van der Waals surface area contributed by atoms with Crippen LogP contribution in [0.15, 0.2) is 51.7 Å². The maximum atomic E-state index is 11.9. The molecule has 0 unspecified atom stereocenters. The molecular weight excluding hydrogens is 310 g/mol. The number of benzene rings is 1. The molecule has 0 aliphatic heterocycles. The first kappa shape index (κ1) is 15.9. The van der Waals surface area contributed by atoms with Gasteiger partial charge in [0.05, 0.1) is 25.5 Å². The van der Waals surface area contributed by atoms with Gasteiger partial charge >= 0.3 is 5.97 Å². The van der Waals surface area contributed by atoms with E-state index >= 15 is 0 Å². The Labute approximate surface area is 138 Å². The van der Waals surface area contributed by atoms with Crippen LogP contribution in [-0.4, -0.2) is 18.5 Å². The maximum absolute atomic E-state index is 11.9. The highest BCUT2D eigenvalue weighted by atomic mass is 16.5. The van der Waals surface area contributed by atoms with Crippen molar-refractivity contribution in [1.82, 2.24) is 5.32 Å². The molecule has 0 atom stereocenters. The van der Waals surface area contributed by atoms with Crippen molar-refractivity contribution in [3.8, 4) is 0 Å². The minimum absolute atomic E-state index is 0.0571. The monoisotopic (exact) mass is 327 g/mol. The highest BCUT2D eigenvalue weighted by Gasteiger charge is 2.13. The van der Waals surface area contributed by atoms with Crippen molar-refractivity contribution in [2.75, 3.05) is 6.61 Å². The quantitative estimate of drug-likeness (QED) is 0.704. The second kappa shape index (κ2) is 7.04. The summed E-state index contributed by atoms with van der Waals surface area (Å²) in [5.41, 5.74) is 2.55. The van der Waals surface area contributed by atoms with Crippen molar-refractivity contribution in [2.45, 2.75) is 19.9 Å². The van der Waals surface area contributed by atoms with Crippen LogP contribution in [0.5, 0.6) is 0 Å². The molecule has 0 aliphatic carbocycles. The van der Waals surface area contributed by atoms with E-state index in [0.717, 1.165) is 22.1 Å². The molecule has 0 saturated carbocycles. The van der Waals surface area contributed by atoms with Crippen molar-refractivity contribution >= 4 is 22.8 Å². The molecule has 0 saturated heterocycles. The van der Waals surface area contributed by atoms with Crippen LogP contribution < -0.4 is 5.32 Å². The second-order valence-corrected chi connectivity index (χ2v) is 5.45. The van der Waals surface area contributed by atoms with Gasteiger partial charge in [-0.2, -0.15) is 0 Å². The second-order valence-electron chi connectivity index (χ2n) is 5.45. The van der Waals surface area contributed by atoms with Gasteiger partial charge in [-0.3, -0.25) is 9.59 Å². The Morgan fingerprint density at radius 1 is 1.21 bits per heavy atom. The Morgan fingerprint density at radius 2 is 2.08 bits per heavy atom. The number of fused-ring (bicyclic) bond motifs is 1. The summed E-state index contributed by atoms with van der Waals surface area (Å²) >= 11 is 0. The first-order valence-electron chi connectivity index (χ1n) is 7.53. The van der Waals surface area contributed by atoms with E-state index < -0.39 is 5.97 Å². The van der Waals surface area contributed by atoms with Gasteiger partial charge in [-0.05, 0) is 30.7 Å². The van der Waals surface area contributed by atoms with Crippen molar-refractivity contribution in [2.24, 2.45) is 0 Å². The molecule has 0 fully saturated rings. The average Bonchev–Trinajstić information content (AvgIpc) is 3.21. The molecule has 3 rings (SSSR count). The number of rotatable bonds is 6. The lowest BCUT2D eigenvalue weighted by atomic mass is 10.1. The van der Waals surface area contributed by atoms with Crippen LogP contribution >= 0.6 is 0 Å². The highest BCUT2D eigenvalue weighted by Crippen LogP contribution is 2.22. The van der Waals surface area contributed by atoms with Crippen LogP contribution in [0.25, 0.3) is 11.0 Å². The Bertz CT molecular complexity index is 848. The fourth-order valence-corrected chi connectivity index (χ4v) is 2.33. The van der Waals surface area contributed by atoms with E-state index in [4.69, 9.17) is 13.6 Å². The van der Waals surface area contributed by atoms with E-state index in [-0.39, 0.29) is 25.5 Å². The lowest BCUT2D eigenvalue weighted by Crippen LogP contribution is -2.28. The summed E-state index contributed by atoms with van der Waals surface area (Å²) in [6.07, 6.45) is 3.13. The van der Waals surface area contributed by atoms with E-state index in [1.54, 1.807) is 18.4 Å². The average molecular weight is 327 g/mol. The topological polar surface area (TPSA) is 81.7 Å². The predicted molar refractivity (Wildman–Crippen MR) is 86.2 cm³/mol. The zero-order chi connectivity index (χ0) is 16.9. The van der Waals surface area contributed by atoms with E-state index in [1.807, 2.05) is 25.1 Å². The van der Waals surface area contributed by atoms with Gasteiger partial charge in [-0.15, -0.1) is 0 Å². The summed E-state index contributed by atoms with van der Waals surface area (Å²) in [6, 6.07) is 9.25. The van der Waals surface area contributed by atoms with Gasteiger partial charge in [0.1, 0.15) is 11.3 Å². The van der Waals surface area contributed by atoms with E-state index in [9.17, 15) is 9.59 Å². The summed E-state index contributed by atoms with van der Waals surface area (Å²) in [6.45, 7) is 1.90. The number of hydrogen-bond donors (Lipinski definition) is 1. The molecule has 0 bridgehead atoms. The highest BCUT2D eigenvalue weighted by molar-refractivity contribution is 5.87. The van der Waals surface area contributed by atoms with E-state index in [2.05, 4.69) is 5.32 Å². The largest absolute Gasteiger partial charge is 0.467 e. The molecule has 6 heteroatoms. The van der Waals surface area contributed by atoms with E-state index in [1.165, 1.54) is 6.26 Å². The Morgan fingerprint density at radius 3 is 2.88 bits per heavy atom. The lowest BCUT2D eigenvalue weighted by Gasteiger charge is -2.05. The van der Waals surface area contributed by atoms with Crippen LogP contribution in [0, 0.1) is 6.92 Å². The molecule has 2 heterocycles. The van der Waals surface area contributed by atoms with Crippen molar-refractivity contribution in [3.05, 3.63) is 59.7 Å². The van der Waals surface area contributed by atoms with E-state index in [0.29, 0.717) is 5.76 Å². The number of ether oxygens (including phenoxy) is 1. The van der Waals surface area contributed by atoms with Gasteiger partial charge in [0.25, 0.3) is 5.91 Å². The van der Waals surface area contributed by atoms with Gasteiger partial charge in [0, 0.05) is 10.9 Å². The first-order chi connectivity index (χ1) is 11.6. The normalized spacial score (nSPS) is 10.7. The van der Waals surface area contributed by atoms with Crippen LogP contribution in [0.3, 0.4) is 0 Å². The molecule has 24 heavy (non-hydrogen) atoms. The van der Waals surface area contributed by atoms with Crippen molar-refractivity contribution in [1.29, 1.82) is 0 Å². The summed E-state index contributed by atoms with van der Waals surface area (Å²) in [5.74, 6) is -0.228. The summed E-state index contributed by atoms with van der Waals surface area (Å²) in [4.78, 5) is 23.5. The number of aryl methyl sites for hydroxylation is 1. The number of hydrogen-bond acceptors (Lipinski definition) is 5. The van der Waals surface area contributed by atoms with Gasteiger partial charge in [0.2, 0.25) is 0 Å². The molecule has 0 spiro atoms. The Hall–Kier alpha value is -3.02. The molecule has 0 aliphatic rings. The molecule has 124 valence electrons. The molecule has 3 aromatic rings. The van der Waals surface area contributed by atoms with Crippen molar-refractivity contribution < 1.29 is 23.2 Å². The fraction of sp³-hybridized carbons (Fsp3) is 0.222. The summed E-state index contributed by atoms with van der Waals surface area (Å²) in [7, 11) is 0. The van der Waals surface area contributed by atoms with Crippen LogP contribution in [0.1, 0.15) is 16.9 Å².